The summed E-state index contributed by atoms with van der Waals surface area (Å²) in [5.41, 5.74) is 8.97. The highest BCUT2D eigenvalue weighted by Crippen LogP contribution is 2.34. The van der Waals surface area contributed by atoms with Gasteiger partial charge in [0.05, 0.1) is 0 Å². The summed E-state index contributed by atoms with van der Waals surface area (Å²) in [7, 11) is 0. The summed E-state index contributed by atoms with van der Waals surface area (Å²) in [6.45, 7) is 2.11. The van der Waals surface area contributed by atoms with Gasteiger partial charge in [0.25, 0.3) is 0 Å². The Morgan fingerprint density at radius 3 is 2.94 bits per heavy atom. The van der Waals surface area contributed by atoms with Crippen LogP contribution in [-0.4, -0.2) is 16.2 Å². The molecule has 96 valence electrons. The van der Waals surface area contributed by atoms with Crippen LogP contribution in [0.4, 0.5) is 0 Å². The molecule has 0 amide bonds. The number of halogens is 1. The molecular formula is C12H14BrN3S2. The van der Waals surface area contributed by atoms with E-state index in [1.54, 1.807) is 28.6 Å². The molecule has 2 rings (SSSR count). The van der Waals surface area contributed by atoms with E-state index in [0.717, 1.165) is 26.5 Å². The highest BCUT2D eigenvalue weighted by molar-refractivity contribution is 9.10. The second-order valence-corrected chi connectivity index (χ2v) is 6.92. The molecule has 1 heterocycles. The lowest BCUT2D eigenvalue weighted by molar-refractivity contribution is 0.646. The lowest BCUT2D eigenvalue weighted by atomic mass is 10.1. The molecular weight excluding hydrogens is 330 g/mol. The van der Waals surface area contributed by atoms with Crippen LogP contribution >= 0.6 is 39.0 Å². The minimum Gasteiger partial charge on any atom is -0.327 e. The van der Waals surface area contributed by atoms with Crippen LogP contribution < -0.4 is 5.73 Å². The van der Waals surface area contributed by atoms with Crippen LogP contribution in [0.1, 0.15) is 18.9 Å². The molecule has 0 aliphatic carbocycles. The van der Waals surface area contributed by atoms with Crippen LogP contribution in [-0.2, 0) is 6.42 Å². The van der Waals surface area contributed by atoms with Gasteiger partial charge in [0.15, 0.2) is 4.34 Å². The summed E-state index contributed by atoms with van der Waals surface area (Å²) in [6.07, 6.45) is 1.91. The van der Waals surface area contributed by atoms with E-state index in [4.69, 9.17) is 5.73 Å². The molecule has 6 heteroatoms. The van der Waals surface area contributed by atoms with E-state index in [-0.39, 0.29) is 6.04 Å². The fourth-order valence-electron chi connectivity index (χ4n) is 1.50. The Morgan fingerprint density at radius 1 is 1.50 bits per heavy atom. The normalized spacial score (nSPS) is 12.6. The summed E-state index contributed by atoms with van der Waals surface area (Å²) in [6, 6.07) is 6.61. The number of rotatable bonds is 5. The van der Waals surface area contributed by atoms with Crippen LogP contribution in [0.3, 0.4) is 0 Å². The Labute approximate surface area is 123 Å². The summed E-state index contributed by atoms with van der Waals surface area (Å²) < 4.78 is 2.04. The van der Waals surface area contributed by atoms with Crippen molar-refractivity contribution in [1.29, 1.82) is 0 Å². The first kappa shape index (κ1) is 14.0. The third-order valence-electron chi connectivity index (χ3n) is 2.56. The zero-order valence-corrected chi connectivity index (χ0v) is 13.2. The molecule has 18 heavy (non-hydrogen) atoms. The molecule has 0 fully saturated rings. The van der Waals surface area contributed by atoms with Crippen LogP contribution in [0.25, 0.3) is 0 Å². The molecule has 1 atom stereocenters. The molecule has 0 aliphatic rings. The number of nitrogens with two attached hydrogens (primary N) is 1. The van der Waals surface area contributed by atoms with E-state index >= 15 is 0 Å². The molecule has 1 aromatic carbocycles. The average Bonchev–Trinajstić information content (AvgIpc) is 2.85. The molecule has 2 aromatic rings. The van der Waals surface area contributed by atoms with E-state index in [1.165, 1.54) is 5.56 Å². The predicted molar refractivity (Wildman–Crippen MR) is 80.1 cm³/mol. The van der Waals surface area contributed by atoms with Gasteiger partial charge < -0.3 is 5.73 Å². The standard InChI is InChI=1S/C12H14BrN3S2/c1-2-9(14)5-8-3-4-11(10(13)6-8)18-12-16-15-7-17-12/h3-4,6-7,9H,2,5,14H2,1H3. The van der Waals surface area contributed by atoms with Crippen molar-refractivity contribution in [3.63, 3.8) is 0 Å². The highest BCUT2D eigenvalue weighted by Gasteiger charge is 2.08. The van der Waals surface area contributed by atoms with Gasteiger partial charge in [-0.3, -0.25) is 0 Å². The first-order valence-electron chi connectivity index (χ1n) is 5.67. The van der Waals surface area contributed by atoms with Crippen molar-refractivity contribution in [2.45, 2.75) is 35.0 Å². The van der Waals surface area contributed by atoms with Crippen LogP contribution in [0.15, 0.2) is 37.4 Å². The maximum atomic E-state index is 5.97. The van der Waals surface area contributed by atoms with E-state index in [9.17, 15) is 0 Å². The molecule has 3 nitrogen and oxygen atoms in total. The fourth-order valence-corrected chi connectivity index (χ4v) is 3.61. The van der Waals surface area contributed by atoms with E-state index in [2.05, 4.69) is 51.3 Å². The van der Waals surface area contributed by atoms with Gasteiger partial charge in [-0.25, -0.2) is 0 Å². The van der Waals surface area contributed by atoms with Gasteiger partial charge in [0.1, 0.15) is 5.51 Å². The zero-order chi connectivity index (χ0) is 13.0. The van der Waals surface area contributed by atoms with Gasteiger partial charge in [0.2, 0.25) is 0 Å². The average molecular weight is 344 g/mol. The molecule has 2 N–H and O–H groups in total. The second-order valence-electron chi connectivity index (χ2n) is 3.94. The predicted octanol–water partition coefficient (Wildman–Crippen LogP) is 3.73. The quantitative estimate of drug-likeness (QED) is 0.898. The molecule has 0 saturated carbocycles. The number of nitrogens with zero attached hydrogens (tertiary/aromatic N) is 2. The van der Waals surface area contributed by atoms with Gasteiger partial charge >= 0.3 is 0 Å². The van der Waals surface area contributed by atoms with Gasteiger partial charge in [-0.2, -0.15) is 0 Å². The number of hydrogen-bond acceptors (Lipinski definition) is 5. The molecule has 0 saturated heterocycles. The number of aromatic nitrogens is 2. The lowest BCUT2D eigenvalue weighted by Gasteiger charge is -2.10. The Hall–Kier alpha value is -0.430. The van der Waals surface area contributed by atoms with Gasteiger partial charge in [-0.1, -0.05) is 36.1 Å². The summed E-state index contributed by atoms with van der Waals surface area (Å²) in [4.78, 5) is 1.15. The molecule has 0 bridgehead atoms. The first-order chi connectivity index (χ1) is 8.69. The molecule has 0 spiro atoms. The van der Waals surface area contributed by atoms with Crippen molar-refractivity contribution in [2.24, 2.45) is 5.73 Å². The molecule has 1 unspecified atom stereocenters. The van der Waals surface area contributed by atoms with Crippen molar-refractivity contribution < 1.29 is 0 Å². The summed E-state index contributed by atoms with van der Waals surface area (Å²) in [5, 5.41) is 7.86. The third-order valence-corrected chi connectivity index (χ3v) is 5.33. The molecule has 1 aromatic heterocycles. The first-order valence-corrected chi connectivity index (χ1v) is 8.16. The van der Waals surface area contributed by atoms with Gasteiger partial charge in [-0.05, 0) is 46.5 Å². The highest BCUT2D eigenvalue weighted by atomic mass is 79.9. The van der Waals surface area contributed by atoms with Crippen molar-refractivity contribution in [1.82, 2.24) is 10.2 Å². The van der Waals surface area contributed by atoms with Crippen molar-refractivity contribution >= 4 is 39.0 Å². The SMILES string of the molecule is CCC(N)Cc1ccc(Sc2nncs2)c(Br)c1. The Bertz CT molecular complexity index is 502. The minimum absolute atomic E-state index is 0.235. The van der Waals surface area contributed by atoms with Crippen molar-refractivity contribution in [3.05, 3.63) is 33.7 Å². The minimum atomic E-state index is 0.235. The Kier molecular flexibility index (Phi) is 5.17. The fraction of sp³-hybridized carbons (Fsp3) is 0.333. The maximum Gasteiger partial charge on any atom is 0.178 e. The number of hydrogen-bond donors (Lipinski definition) is 1. The van der Waals surface area contributed by atoms with E-state index in [1.807, 2.05) is 0 Å². The Morgan fingerprint density at radius 2 is 2.33 bits per heavy atom. The summed E-state index contributed by atoms with van der Waals surface area (Å²) in [5.74, 6) is 0. The maximum absolute atomic E-state index is 5.97. The zero-order valence-electron chi connectivity index (χ0n) is 9.97. The Balaban J connectivity index is 2.10. The monoisotopic (exact) mass is 343 g/mol. The van der Waals surface area contributed by atoms with Crippen LogP contribution in [0.5, 0.6) is 0 Å². The van der Waals surface area contributed by atoms with Gasteiger partial charge in [0, 0.05) is 15.4 Å². The topological polar surface area (TPSA) is 51.8 Å². The van der Waals surface area contributed by atoms with E-state index in [0.29, 0.717) is 0 Å². The van der Waals surface area contributed by atoms with Crippen molar-refractivity contribution in [2.75, 3.05) is 0 Å². The van der Waals surface area contributed by atoms with Crippen LogP contribution in [0, 0.1) is 0 Å². The summed E-state index contributed by atoms with van der Waals surface area (Å²) >= 11 is 6.77. The number of benzene rings is 1. The van der Waals surface area contributed by atoms with Gasteiger partial charge in [-0.15, -0.1) is 10.2 Å². The van der Waals surface area contributed by atoms with Crippen molar-refractivity contribution in [3.8, 4) is 0 Å². The second kappa shape index (κ2) is 6.65. The smallest absolute Gasteiger partial charge is 0.178 e. The third kappa shape index (κ3) is 3.78. The molecule has 0 radical (unpaired) electrons. The molecule has 0 aliphatic heterocycles. The van der Waals surface area contributed by atoms with E-state index < -0.39 is 0 Å². The largest absolute Gasteiger partial charge is 0.327 e. The lowest BCUT2D eigenvalue weighted by Crippen LogP contribution is -2.21. The van der Waals surface area contributed by atoms with Crippen LogP contribution in [0.2, 0.25) is 0 Å².